The van der Waals surface area contributed by atoms with E-state index < -0.39 is 24.4 Å². The molecule has 1 heterocycles. The molecule has 0 aliphatic carbocycles. The smallest absolute Gasteiger partial charge is 0.320 e. The first-order valence-electron chi connectivity index (χ1n) is 4.77. The SMILES string of the molecule is CC(C(=O)O)N1CCCC(C(F)F)C1. The van der Waals surface area contributed by atoms with Crippen LogP contribution in [0.25, 0.3) is 0 Å². The van der Waals surface area contributed by atoms with E-state index in [0.29, 0.717) is 19.4 Å². The van der Waals surface area contributed by atoms with Gasteiger partial charge in [-0.2, -0.15) is 0 Å². The van der Waals surface area contributed by atoms with Crippen molar-refractivity contribution in [3.05, 3.63) is 0 Å². The number of hydrogen-bond donors (Lipinski definition) is 1. The first-order chi connectivity index (χ1) is 6.52. The van der Waals surface area contributed by atoms with Gasteiger partial charge in [-0.05, 0) is 26.3 Å². The summed E-state index contributed by atoms with van der Waals surface area (Å²) in [5.41, 5.74) is 0. The van der Waals surface area contributed by atoms with Gasteiger partial charge in [0.25, 0.3) is 0 Å². The summed E-state index contributed by atoms with van der Waals surface area (Å²) in [5.74, 6) is -1.61. The molecule has 0 amide bonds. The van der Waals surface area contributed by atoms with Crippen molar-refractivity contribution in [2.75, 3.05) is 13.1 Å². The zero-order valence-electron chi connectivity index (χ0n) is 8.12. The van der Waals surface area contributed by atoms with E-state index in [4.69, 9.17) is 5.11 Å². The van der Waals surface area contributed by atoms with E-state index >= 15 is 0 Å². The maximum Gasteiger partial charge on any atom is 0.320 e. The van der Waals surface area contributed by atoms with Crippen LogP contribution in [-0.4, -0.2) is 41.5 Å². The molecule has 1 N–H and O–H groups in total. The fraction of sp³-hybridized carbons (Fsp3) is 0.889. The summed E-state index contributed by atoms with van der Waals surface area (Å²) < 4.78 is 24.8. The van der Waals surface area contributed by atoms with Crippen molar-refractivity contribution >= 4 is 5.97 Å². The highest BCUT2D eigenvalue weighted by atomic mass is 19.3. The molecule has 82 valence electrons. The van der Waals surface area contributed by atoms with E-state index in [1.54, 1.807) is 4.90 Å². The second-order valence-electron chi connectivity index (χ2n) is 3.75. The van der Waals surface area contributed by atoms with Crippen molar-refractivity contribution in [1.82, 2.24) is 4.90 Å². The lowest BCUT2D eigenvalue weighted by Gasteiger charge is -2.34. The third-order valence-corrected chi connectivity index (χ3v) is 2.75. The topological polar surface area (TPSA) is 40.5 Å². The molecule has 0 saturated carbocycles. The molecule has 14 heavy (non-hydrogen) atoms. The number of carboxylic acids is 1. The minimum Gasteiger partial charge on any atom is -0.480 e. The minimum atomic E-state index is -2.33. The van der Waals surface area contributed by atoms with Crippen molar-refractivity contribution in [2.45, 2.75) is 32.2 Å². The molecule has 0 aromatic heterocycles. The number of carboxylic acid groups (broad SMARTS) is 1. The summed E-state index contributed by atoms with van der Waals surface area (Å²) >= 11 is 0. The lowest BCUT2D eigenvalue weighted by atomic mass is 9.97. The van der Waals surface area contributed by atoms with E-state index in [2.05, 4.69) is 0 Å². The monoisotopic (exact) mass is 207 g/mol. The van der Waals surface area contributed by atoms with Crippen LogP contribution >= 0.6 is 0 Å². The molecule has 5 heteroatoms. The lowest BCUT2D eigenvalue weighted by Crippen LogP contribution is -2.46. The normalized spacial score (nSPS) is 26.4. The maximum absolute atomic E-state index is 12.4. The highest BCUT2D eigenvalue weighted by molar-refractivity contribution is 5.72. The van der Waals surface area contributed by atoms with Gasteiger partial charge in [0.2, 0.25) is 6.43 Å². The molecule has 0 aromatic carbocycles. The van der Waals surface area contributed by atoms with Crippen LogP contribution in [0.4, 0.5) is 8.78 Å². The number of halogens is 2. The van der Waals surface area contributed by atoms with Gasteiger partial charge in [-0.1, -0.05) is 0 Å². The number of likely N-dealkylation sites (tertiary alicyclic amines) is 1. The fourth-order valence-electron chi connectivity index (χ4n) is 1.75. The molecule has 0 bridgehead atoms. The van der Waals surface area contributed by atoms with Crippen LogP contribution in [0.15, 0.2) is 0 Å². The highest BCUT2D eigenvalue weighted by Gasteiger charge is 2.31. The molecule has 1 rings (SSSR count). The van der Waals surface area contributed by atoms with Crippen LogP contribution in [0, 0.1) is 5.92 Å². The third kappa shape index (κ3) is 2.64. The van der Waals surface area contributed by atoms with E-state index in [1.165, 1.54) is 6.92 Å². The molecule has 1 saturated heterocycles. The van der Waals surface area contributed by atoms with Crippen molar-refractivity contribution in [3.8, 4) is 0 Å². The molecule has 1 aliphatic rings. The largest absolute Gasteiger partial charge is 0.480 e. The van der Waals surface area contributed by atoms with Crippen LogP contribution in [0.1, 0.15) is 19.8 Å². The highest BCUT2D eigenvalue weighted by Crippen LogP contribution is 2.23. The Labute approximate surface area is 81.7 Å². The summed E-state index contributed by atoms with van der Waals surface area (Å²) in [6.45, 7) is 2.35. The van der Waals surface area contributed by atoms with Crippen LogP contribution < -0.4 is 0 Å². The quantitative estimate of drug-likeness (QED) is 0.761. The molecule has 1 aliphatic heterocycles. The van der Waals surface area contributed by atoms with Crippen LogP contribution in [0.5, 0.6) is 0 Å². The number of carbonyl (C=O) groups is 1. The van der Waals surface area contributed by atoms with Gasteiger partial charge in [-0.15, -0.1) is 0 Å². The zero-order valence-corrected chi connectivity index (χ0v) is 8.12. The molecular formula is C9H15F2NO2. The van der Waals surface area contributed by atoms with E-state index in [9.17, 15) is 13.6 Å². The molecule has 0 aromatic rings. The Morgan fingerprint density at radius 3 is 2.71 bits per heavy atom. The Morgan fingerprint density at radius 1 is 1.57 bits per heavy atom. The Hall–Kier alpha value is -0.710. The van der Waals surface area contributed by atoms with Crippen LogP contribution in [0.3, 0.4) is 0 Å². The van der Waals surface area contributed by atoms with Gasteiger partial charge in [0.05, 0.1) is 0 Å². The number of aliphatic carboxylic acids is 1. The zero-order chi connectivity index (χ0) is 10.7. The molecule has 2 atom stereocenters. The van der Waals surface area contributed by atoms with Crippen LogP contribution in [-0.2, 0) is 4.79 Å². The summed E-state index contributed by atoms with van der Waals surface area (Å²) in [7, 11) is 0. The van der Waals surface area contributed by atoms with Gasteiger partial charge < -0.3 is 5.11 Å². The van der Waals surface area contributed by atoms with Gasteiger partial charge in [0, 0.05) is 12.5 Å². The lowest BCUT2D eigenvalue weighted by molar-refractivity contribution is -0.143. The summed E-state index contributed by atoms with van der Waals surface area (Å²) in [6.07, 6.45) is -1.17. The maximum atomic E-state index is 12.4. The number of alkyl halides is 2. The Bertz CT molecular complexity index is 211. The van der Waals surface area contributed by atoms with Crippen molar-refractivity contribution in [1.29, 1.82) is 0 Å². The van der Waals surface area contributed by atoms with Crippen molar-refractivity contribution in [3.63, 3.8) is 0 Å². The van der Waals surface area contributed by atoms with Crippen molar-refractivity contribution < 1.29 is 18.7 Å². The minimum absolute atomic E-state index is 0.200. The number of hydrogen-bond acceptors (Lipinski definition) is 2. The number of piperidine rings is 1. The predicted molar refractivity (Wildman–Crippen MR) is 47.4 cm³/mol. The fourth-order valence-corrected chi connectivity index (χ4v) is 1.75. The van der Waals surface area contributed by atoms with E-state index in [0.717, 1.165) is 0 Å². The standard InChI is InChI=1S/C9H15F2NO2/c1-6(9(13)14)12-4-2-3-7(5-12)8(10)11/h6-8H,2-5H2,1H3,(H,13,14). The average Bonchev–Trinajstić information content (AvgIpc) is 2.16. The molecular weight excluding hydrogens is 192 g/mol. The average molecular weight is 207 g/mol. The first kappa shape index (κ1) is 11.4. The second kappa shape index (κ2) is 4.68. The number of rotatable bonds is 3. The Balaban J connectivity index is 2.51. The summed E-state index contributed by atoms with van der Waals surface area (Å²) in [5, 5.41) is 8.73. The second-order valence-corrected chi connectivity index (χ2v) is 3.75. The molecule has 0 spiro atoms. The van der Waals surface area contributed by atoms with Gasteiger partial charge in [0.1, 0.15) is 6.04 Å². The molecule has 2 unspecified atom stereocenters. The first-order valence-corrected chi connectivity index (χ1v) is 4.77. The molecule has 0 radical (unpaired) electrons. The molecule has 1 fully saturated rings. The number of nitrogens with zero attached hydrogens (tertiary/aromatic N) is 1. The van der Waals surface area contributed by atoms with Gasteiger partial charge in [0.15, 0.2) is 0 Å². The van der Waals surface area contributed by atoms with Gasteiger partial charge >= 0.3 is 5.97 Å². The van der Waals surface area contributed by atoms with E-state index in [-0.39, 0.29) is 6.54 Å². The van der Waals surface area contributed by atoms with Gasteiger partial charge in [-0.25, -0.2) is 8.78 Å². The summed E-state index contributed by atoms with van der Waals surface area (Å²) in [6, 6.07) is -0.656. The Kier molecular flexibility index (Phi) is 3.80. The molecule has 3 nitrogen and oxygen atoms in total. The summed E-state index contributed by atoms with van der Waals surface area (Å²) in [4.78, 5) is 12.3. The van der Waals surface area contributed by atoms with Gasteiger partial charge in [-0.3, -0.25) is 9.69 Å². The van der Waals surface area contributed by atoms with E-state index in [1.807, 2.05) is 0 Å². The third-order valence-electron chi connectivity index (χ3n) is 2.75. The predicted octanol–water partition coefficient (Wildman–Crippen LogP) is 1.44. The van der Waals surface area contributed by atoms with Crippen molar-refractivity contribution in [2.24, 2.45) is 5.92 Å². The Morgan fingerprint density at radius 2 is 2.21 bits per heavy atom. The van der Waals surface area contributed by atoms with Crippen LogP contribution in [0.2, 0.25) is 0 Å².